The molecule has 0 radical (unpaired) electrons. The summed E-state index contributed by atoms with van der Waals surface area (Å²) < 4.78 is 4.78. The molecule has 0 aliphatic heterocycles. The second-order valence-electron chi connectivity index (χ2n) is 4.71. The van der Waals surface area contributed by atoms with Crippen molar-refractivity contribution in [3.8, 4) is 0 Å². The summed E-state index contributed by atoms with van der Waals surface area (Å²) in [7, 11) is 0. The molecule has 1 N–H and O–H groups in total. The molecule has 0 aromatic heterocycles. The molecule has 0 bridgehead atoms. The van der Waals surface area contributed by atoms with Gasteiger partial charge in [-0.25, -0.2) is 0 Å². The Kier molecular flexibility index (Phi) is 6.01. The van der Waals surface area contributed by atoms with Crippen LogP contribution in [0.3, 0.4) is 0 Å². The van der Waals surface area contributed by atoms with Gasteiger partial charge in [-0.05, 0) is 32.6 Å². The van der Waals surface area contributed by atoms with Crippen molar-refractivity contribution >= 4 is 11.9 Å². The molecular formula is C13H23NO3. The maximum absolute atomic E-state index is 11.6. The summed E-state index contributed by atoms with van der Waals surface area (Å²) in [6, 6.07) is 0.229. The molecule has 1 amide bonds. The van der Waals surface area contributed by atoms with Crippen LogP contribution < -0.4 is 5.32 Å². The second kappa shape index (κ2) is 7.30. The third kappa shape index (κ3) is 5.20. The third-order valence-corrected chi connectivity index (χ3v) is 3.36. The first-order chi connectivity index (χ1) is 8.13. The lowest BCUT2D eigenvalue weighted by atomic mass is 10.00. The van der Waals surface area contributed by atoms with Crippen LogP contribution in [0.25, 0.3) is 0 Å². The summed E-state index contributed by atoms with van der Waals surface area (Å²) in [5, 5.41) is 2.97. The van der Waals surface area contributed by atoms with Crippen molar-refractivity contribution in [3.05, 3.63) is 0 Å². The van der Waals surface area contributed by atoms with Gasteiger partial charge in [0.05, 0.1) is 13.0 Å². The minimum absolute atomic E-state index is 0.0440. The Morgan fingerprint density at radius 1 is 1.29 bits per heavy atom. The Balaban J connectivity index is 2.17. The van der Waals surface area contributed by atoms with Gasteiger partial charge in [-0.15, -0.1) is 0 Å². The third-order valence-electron chi connectivity index (χ3n) is 3.36. The van der Waals surface area contributed by atoms with Crippen LogP contribution in [0.1, 0.15) is 52.4 Å². The zero-order valence-electron chi connectivity index (χ0n) is 10.8. The first kappa shape index (κ1) is 14.0. The molecule has 1 fully saturated rings. The number of amides is 1. The molecule has 1 aliphatic carbocycles. The van der Waals surface area contributed by atoms with E-state index in [9.17, 15) is 9.59 Å². The van der Waals surface area contributed by atoms with Crippen LogP contribution >= 0.6 is 0 Å². The van der Waals surface area contributed by atoms with Crippen molar-refractivity contribution in [1.29, 1.82) is 0 Å². The van der Waals surface area contributed by atoms with Crippen LogP contribution in [0, 0.1) is 5.92 Å². The van der Waals surface area contributed by atoms with E-state index < -0.39 is 0 Å². The van der Waals surface area contributed by atoms with E-state index in [4.69, 9.17) is 4.74 Å². The number of hydrogen-bond donors (Lipinski definition) is 1. The average Bonchev–Trinajstić information content (AvgIpc) is 2.80. The maximum atomic E-state index is 11.6. The largest absolute Gasteiger partial charge is 0.466 e. The fraction of sp³-hybridized carbons (Fsp3) is 0.846. The van der Waals surface area contributed by atoms with E-state index in [1.54, 1.807) is 6.92 Å². The van der Waals surface area contributed by atoms with Crippen LogP contribution in [-0.2, 0) is 14.3 Å². The monoisotopic (exact) mass is 241 g/mol. The van der Waals surface area contributed by atoms with Gasteiger partial charge < -0.3 is 10.1 Å². The highest BCUT2D eigenvalue weighted by atomic mass is 16.5. The molecule has 0 unspecified atom stereocenters. The van der Waals surface area contributed by atoms with Crippen molar-refractivity contribution < 1.29 is 14.3 Å². The van der Waals surface area contributed by atoms with E-state index in [0.717, 1.165) is 0 Å². The fourth-order valence-corrected chi connectivity index (χ4v) is 2.35. The van der Waals surface area contributed by atoms with Gasteiger partial charge in [0, 0.05) is 12.5 Å². The maximum Gasteiger partial charge on any atom is 0.306 e. The molecule has 0 heterocycles. The Morgan fingerprint density at radius 3 is 2.53 bits per heavy atom. The zero-order chi connectivity index (χ0) is 12.7. The minimum Gasteiger partial charge on any atom is -0.466 e. The molecule has 1 atom stereocenters. The number of carbonyl (C=O) groups excluding carboxylic acids is 2. The molecule has 17 heavy (non-hydrogen) atoms. The van der Waals surface area contributed by atoms with E-state index in [1.165, 1.54) is 25.7 Å². The van der Waals surface area contributed by atoms with Gasteiger partial charge in [-0.1, -0.05) is 12.8 Å². The summed E-state index contributed by atoms with van der Waals surface area (Å²) in [6.45, 7) is 4.19. The summed E-state index contributed by atoms with van der Waals surface area (Å²) in [4.78, 5) is 22.7. The number of hydrogen-bond acceptors (Lipinski definition) is 3. The number of nitrogens with one attached hydrogen (secondary N) is 1. The molecule has 0 aromatic carbocycles. The normalized spacial score (nSPS) is 17.8. The van der Waals surface area contributed by atoms with Crippen LogP contribution in [-0.4, -0.2) is 24.5 Å². The van der Waals surface area contributed by atoms with Crippen LogP contribution in [0.5, 0.6) is 0 Å². The zero-order valence-corrected chi connectivity index (χ0v) is 10.8. The van der Waals surface area contributed by atoms with Gasteiger partial charge in [-0.3, -0.25) is 9.59 Å². The Labute approximate surface area is 103 Å². The minimum atomic E-state index is -0.295. The fourth-order valence-electron chi connectivity index (χ4n) is 2.35. The Bertz CT molecular complexity index is 259. The van der Waals surface area contributed by atoms with Gasteiger partial charge in [0.1, 0.15) is 0 Å². The molecule has 98 valence electrons. The quantitative estimate of drug-likeness (QED) is 0.724. The van der Waals surface area contributed by atoms with E-state index in [0.29, 0.717) is 12.5 Å². The molecule has 0 saturated heterocycles. The molecule has 1 aliphatic rings. The summed E-state index contributed by atoms with van der Waals surface area (Å²) in [5.74, 6) is 0.273. The lowest BCUT2D eigenvalue weighted by Gasteiger charge is -2.20. The summed E-state index contributed by atoms with van der Waals surface area (Å²) in [5.41, 5.74) is 0. The molecule has 4 heteroatoms. The number of carbonyl (C=O) groups is 2. The van der Waals surface area contributed by atoms with E-state index in [1.807, 2.05) is 0 Å². The molecule has 1 rings (SSSR count). The first-order valence-corrected chi connectivity index (χ1v) is 6.58. The van der Waals surface area contributed by atoms with Crippen molar-refractivity contribution in [3.63, 3.8) is 0 Å². The number of ether oxygens (including phenoxy) is 1. The van der Waals surface area contributed by atoms with Crippen molar-refractivity contribution in [2.45, 2.75) is 58.4 Å². The standard InChI is InChI=1S/C13H23NO3/c1-3-17-13(16)9-8-12(15)14-10(2)11-6-4-5-7-11/h10-11H,3-9H2,1-2H3,(H,14,15)/t10-/m1/s1. The second-order valence-corrected chi connectivity index (χ2v) is 4.71. The lowest BCUT2D eigenvalue weighted by molar-refractivity contribution is -0.144. The van der Waals surface area contributed by atoms with Gasteiger partial charge in [0.25, 0.3) is 0 Å². The van der Waals surface area contributed by atoms with Crippen molar-refractivity contribution in [1.82, 2.24) is 5.32 Å². The van der Waals surface area contributed by atoms with Gasteiger partial charge in [0.2, 0.25) is 5.91 Å². The Hall–Kier alpha value is -1.06. The van der Waals surface area contributed by atoms with Crippen LogP contribution in [0.15, 0.2) is 0 Å². The summed E-state index contributed by atoms with van der Waals surface area (Å²) >= 11 is 0. The predicted molar refractivity (Wildman–Crippen MR) is 65.4 cm³/mol. The van der Waals surface area contributed by atoms with Crippen LogP contribution in [0.4, 0.5) is 0 Å². The van der Waals surface area contributed by atoms with Gasteiger partial charge >= 0.3 is 5.97 Å². The first-order valence-electron chi connectivity index (χ1n) is 6.58. The topological polar surface area (TPSA) is 55.4 Å². The van der Waals surface area contributed by atoms with E-state index in [2.05, 4.69) is 12.2 Å². The van der Waals surface area contributed by atoms with Crippen LogP contribution in [0.2, 0.25) is 0 Å². The van der Waals surface area contributed by atoms with E-state index in [-0.39, 0.29) is 30.8 Å². The smallest absolute Gasteiger partial charge is 0.306 e. The Morgan fingerprint density at radius 2 is 1.94 bits per heavy atom. The predicted octanol–water partition coefficient (Wildman–Crippen LogP) is 2.02. The highest BCUT2D eigenvalue weighted by Crippen LogP contribution is 2.27. The molecule has 0 spiro atoms. The summed E-state index contributed by atoms with van der Waals surface area (Å²) in [6.07, 6.45) is 5.37. The molecule has 0 aromatic rings. The van der Waals surface area contributed by atoms with Gasteiger partial charge in [-0.2, -0.15) is 0 Å². The number of esters is 1. The molecular weight excluding hydrogens is 218 g/mol. The highest BCUT2D eigenvalue weighted by molar-refractivity contribution is 5.81. The number of rotatable bonds is 6. The van der Waals surface area contributed by atoms with Gasteiger partial charge in [0.15, 0.2) is 0 Å². The van der Waals surface area contributed by atoms with E-state index >= 15 is 0 Å². The lowest BCUT2D eigenvalue weighted by Crippen LogP contribution is -2.37. The molecule has 4 nitrogen and oxygen atoms in total. The average molecular weight is 241 g/mol. The SMILES string of the molecule is CCOC(=O)CCC(=O)N[C@H](C)C1CCCC1. The van der Waals surface area contributed by atoms with Crippen molar-refractivity contribution in [2.75, 3.05) is 6.61 Å². The highest BCUT2D eigenvalue weighted by Gasteiger charge is 2.22. The molecule has 1 saturated carbocycles. The van der Waals surface area contributed by atoms with Crippen molar-refractivity contribution in [2.24, 2.45) is 5.92 Å².